The van der Waals surface area contributed by atoms with Gasteiger partial charge in [-0.05, 0) is 64.8 Å². The molecular weight excluding hydrogens is 417 g/mol. The van der Waals surface area contributed by atoms with Crippen LogP contribution in [0.25, 0.3) is 0 Å². The van der Waals surface area contributed by atoms with E-state index in [-0.39, 0.29) is 18.5 Å². The standard InChI is InChI=1S/C19H19BrFN3O3/c1-12(13-3-8-17(25-2)16(20)9-13)22-10-19-23-18(24-27-19)11-26-15-6-4-14(21)5-7-15/h3-9,12,22H,10-11H2,1-2H3. The van der Waals surface area contributed by atoms with Crippen molar-refractivity contribution in [3.8, 4) is 11.5 Å². The van der Waals surface area contributed by atoms with Crippen LogP contribution in [0.4, 0.5) is 4.39 Å². The van der Waals surface area contributed by atoms with E-state index in [1.807, 2.05) is 25.1 Å². The maximum Gasteiger partial charge on any atom is 0.240 e. The van der Waals surface area contributed by atoms with Gasteiger partial charge in [0, 0.05) is 6.04 Å². The van der Waals surface area contributed by atoms with E-state index >= 15 is 0 Å². The van der Waals surface area contributed by atoms with Crippen LogP contribution in [0.15, 0.2) is 51.5 Å². The van der Waals surface area contributed by atoms with E-state index in [9.17, 15) is 4.39 Å². The summed E-state index contributed by atoms with van der Waals surface area (Å²) >= 11 is 3.49. The first kappa shape index (κ1) is 19.3. The summed E-state index contributed by atoms with van der Waals surface area (Å²) in [4.78, 5) is 4.28. The van der Waals surface area contributed by atoms with Gasteiger partial charge in [0.05, 0.1) is 18.1 Å². The van der Waals surface area contributed by atoms with E-state index in [4.69, 9.17) is 14.0 Å². The monoisotopic (exact) mass is 435 g/mol. The number of hydrogen-bond donors (Lipinski definition) is 1. The molecule has 2 aromatic carbocycles. The first-order valence-corrected chi connectivity index (χ1v) is 9.11. The lowest BCUT2D eigenvalue weighted by molar-refractivity contribution is 0.284. The van der Waals surface area contributed by atoms with E-state index in [1.165, 1.54) is 12.1 Å². The van der Waals surface area contributed by atoms with Crippen LogP contribution in [0.2, 0.25) is 0 Å². The number of hydrogen-bond acceptors (Lipinski definition) is 6. The van der Waals surface area contributed by atoms with Gasteiger partial charge >= 0.3 is 0 Å². The lowest BCUT2D eigenvalue weighted by Gasteiger charge is -2.14. The predicted octanol–water partition coefficient (Wildman–Crippen LogP) is 4.41. The highest BCUT2D eigenvalue weighted by Crippen LogP contribution is 2.28. The van der Waals surface area contributed by atoms with Gasteiger partial charge in [0.25, 0.3) is 0 Å². The van der Waals surface area contributed by atoms with Crippen LogP contribution >= 0.6 is 15.9 Å². The van der Waals surface area contributed by atoms with Crippen molar-refractivity contribution >= 4 is 15.9 Å². The van der Waals surface area contributed by atoms with Crippen molar-refractivity contribution in [2.24, 2.45) is 0 Å². The molecule has 1 unspecified atom stereocenters. The summed E-state index contributed by atoms with van der Waals surface area (Å²) in [5, 5.41) is 7.22. The molecule has 0 aliphatic heterocycles. The summed E-state index contributed by atoms with van der Waals surface area (Å²) < 4.78 is 29.7. The molecule has 0 fully saturated rings. The largest absolute Gasteiger partial charge is 0.496 e. The molecule has 0 saturated heterocycles. The Bertz CT molecular complexity index is 886. The van der Waals surface area contributed by atoms with Crippen LogP contribution in [-0.2, 0) is 13.2 Å². The minimum Gasteiger partial charge on any atom is -0.496 e. The van der Waals surface area contributed by atoms with Crippen molar-refractivity contribution in [1.29, 1.82) is 0 Å². The second kappa shape index (κ2) is 8.96. The van der Waals surface area contributed by atoms with Gasteiger partial charge in [-0.1, -0.05) is 11.2 Å². The van der Waals surface area contributed by atoms with Gasteiger partial charge in [-0.15, -0.1) is 0 Å². The van der Waals surface area contributed by atoms with Crippen molar-refractivity contribution in [2.45, 2.75) is 26.1 Å². The lowest BCUT2D eigenvalue weighted by atomic mass is 10.1. The summed E-state index contributed by atoms with van der Waals surface area (Å²) in [6.45, 7) is 2.62. The quantitative estimate of drug-likeness (QED) is 0.564. The second-order valence-electron chi connectivity index (χ2n) is 5.84. The summed E-state index contributed by atoms with van der Waals surface area (Å²) in [6, 6.07) is 11.8. The highest BCUT2D eigenvalue weighted by Gasteiger charge is 2.11. The smallest absolute Gasteiger partial charge is 0.240 e. The second-order valence-corrected chi connectivity index (χ2v) is 6.70. The van der Waals surface area contributed by atoms with Crippen molar-refractivity contribution in [2.75, 3.05) is 7.11 Å². The molecule has 27 heavy (non-hydrogen) atoms. The fraction of sp³-hybridized carbons (Fsp3) is 0.263. The molecule has 0 saturated carbocycles. The number of aromatic nitrogens is 2. The Labute approximate surface area is 164 Å². The van der Waals surface area contributed by atoms with Gasteiger partial charge in [-0.25, -0.2) is 4.39 Å². The molecule has 0 spiro atoms. The topological polar surface area (TPSA) is 69.4 Å². The highest BCUT2D eigenvalue weighted by atomic mass is 79.9. The summed E-state index contributed by atoms with van der Waals surface area (Å²) in [5.41, 5.74) is 1.10. The Morgan fingerprint density at radius 1 is 1.22 bits per heavy atom. The van der Waals surface area contributed by atoms with E-state index in [0.717, 1.165) is 15.8 Å². The third kappa shape index (κ3) is 5.27. The van der Waals surface area contributed by atoms with Crippen LogP contribution < -0.4 is 14.8 Å². The summed E-state index contributed by atoms with van der Waals surface area (Å²) in [5.74, 6) is 1.91. The lowest BCUT2D eigenvalue weighted by Crippen LogP contribution is -2.18. The molecule has 0 radical (unpaired) electrons. The maximum atomic E-state index is 12.9. The van der Waals surface area contributed by atoms with Gasteiger partial charge in [0.1, 0.15) is 17.3 Å². The predicted molar refractivity (Wildman–Crippen MR) is 101 cm³/mol. The number of rotatable bonds is 8. The Hall–Kier alpha value is -2.45. The maximum absolute atomic E-state index is 12.9. The van der Waals surface area contributed by atoms with Gasteiger partial charge in [-0.3, -0.25) is 0 Å². The highest BCUT2D eigenvalue weighted by molar-refractivity contribution is 9.10. The van der Waals surface area contributed by atoms with E-state index in [0.29, 0.717) is 24.0 Å². The van der Waals surface area contributed by atoms with Crippen molar-refractivity contribution in [1.82, 2.24) is 15.5 Å². The van der Waals surface area contributed by atoms with Gasteiger partial charge in [0.15, 0.2) is 6.61 Å². The third-order valence-corrected chi connectivity index (χ3v) is 4.55. The minimum atomic E-state index is -0.312. The van der Waals surface area contributed by atoms with Crippen LogP contribution in [0.3, 0.4) is 0 Å². The average Bonchev–Trinajstić information content (AvgIpc) is 3.13. The molecular formula is C19H19BrFN3O3. The van der Waals surface area contributed by atoms with E-state index in [2.05, 4.69) is 31.4 Å². The summed E-state index contributed by atoms with van der Waals surface area (Å²) in [7, 11) is 1.63. The van der Waals surface area contributed by atoms with Crippen molar-refractivity contribution in [3.63, 3.8) is 0 Å². The van der Waals surface area contributed by atoms with Crippen molar-refractivity contribution < 1.29 is 18.4 Å². The number of nitrogens with zero attached hydrogens (tertiary/aromatic N) is 2. The molecule has 0 bridgehead atoms. The van der Waals surface area contributed by atoms with Crippen LogP contribution in [-0.4, -0.2) is 17.3 Å². The van der Waals surface area contributed by atoms with Crippen LogP contribution in [0.5, 0.6) is 11.5 Å². The molecule has 1 atom stereocenters. The number of nitrogens with one attached hydrogen (secondary N) is 1. The minimum absolute atomic E-state index is 0.0815. The molecule has 0 amide bonds. The molecule has 0 aliphatic rings. The van der Waals surface area contributed by atoms with E-state index in [1.54, 1.807) is 19.2 Å². The SMILES string of the molecule is COc1ccc(C(C)NCc2nc(COc3ccc(F)cc3)no2)cc1Br. The fourth-order valence-corrected chi connectivity index (χ4v) is 2.97. The zero-order valence-electron chi connectivity index (χ0n) is 14.9. The Morgan fingerprint density at radius 3 is 2.70 bits per heavy atom. The molecule has 1 heterocycles. The van der Waals surface area contributed by atoms with Gasteiger partial charge < -0.3 is 19.3 Å². The zero-order valence-corrected chi connectivity index (χ0v) is 16.5. The molecule has 3 aromatic rings. The number of benzene rings is 2. The molecule has 142 valence electrons. The normalized spacial score (nSPS) is 12.0. The molecule has 1 N–H and O–H groups in total. The number of methoxy groups -OCH3 is 1. The van der Waals surface area contributed by atoms with Gasteiger partial charge in [0.2, 0.25) is 11.7 Å². The Balaban J connectivity index is 1.51. The molecule has 1 aromatic heterocycles. The van der Waals surface area contributed by atoms with Crippen LogP contribution in [0, 0.1) is 5.82 Å². The first-order valence-electron chi connectivity index (χ1n) is 8.32. The van der Waals surface area contributed by atoms with Crippen LogP contribution in [0.1, 0.15) is 30.2 Å². The Kier molecular flexibility index (Phi) is 6.41. The molecule has 6 nitrogen and oxygen atoms in total. The number of ether oxygens (including phenoxy) is 2. The Morgan fingerprint density at radius 2 is 2.00 bits per heavy atom. The average molecular weight is 436 g/mol. The third-order valence-electron chi connectivity index (χ3n) is 3.93. The molecule has 0 aliphatic carbocycles. The molecule has 8 heteroatoms. The van der Waals surface area contributed by atoms with Crippen molar-refractivity contribution in [3.05, 3.63) is 70.0 Å². The fourth-order valence-electron chi connectivity index (χ4n) is 2.41. The van der Waals surface area contributed by atoms with E-state index < -0.39 is 0 Å². The van der Waals surface area contributed by atoms with Gasteiger partial charge in [-0.2, -0.15) is 4.98 Å². The zero-order chi connectivity index (χ0) is 19.2. The first-order chi connectivity index (χ1) is 13.0. The number of halogens is 2. The summed E-state index contributed by atoms with van der Waals surface area (Å²) in [6.07, 6.45) is 0. The molecule has 3 rings (SSSR count).